The van der Waals surface area contributed by atoms with Crippen molar-refractivity contribution in [3.05, 3.63) is 30.0 Å². The van der Waals surface area contributed by atoms with E-state index in [0.717, 1.165) is 18.1 Å². The van der Waals surface area contributed by atoms with Crippen molar-refractivity contribution in [1.82, 2.24) is 15.5 Å². The minimum Gasteiger partial charge on any atom is -0.310 e. The lowest BCUT2D eigenvalue weighted by atomic mass is 10.1. The molecule has 0 atom stereocenters. The Labute approximate surface area is 95.2 Å². The van der Waals surface area contributed by atoms with E-state index in [-0.39, 0.29) is 0 Å². The van der Waals surface area contributed by atoms with Gasteiger partial charge in [0.05, 0.1) is 11.7 Å². The van der Waals surface area contributed by atoms with Crippen molar-refractivity contribution in [2.24, 2.45) is 0 Å². The molecule has 0 aliphatic heterocycles. The molecule has 3 nitrogen and oxygen atoms in total. The Morgan fingerprint density at radius 3 is 3.06 bits per heavy atom. The molecular formula is C13H17N3. The van der Waals surface area contributed by atoms with Crippen LogP contribution in [0.5, 0.6) is 0 Å². The summed E-state index contributed by atoms with van der Waals surface area (Å²) in [6, 6.07) is 7.23. The van der Waals surface area contributed by atoms with E-state index < -0.39 is 0 Å². The van der Waals surface area contributed by atoms with E-state index in [0.29, 0.717) is 0 Å². The van der Waals surface area contributed by atoms with Crippen molar-refractivity contribution in [2.45, 2.75) is 38.3 Å². The summed E-state index contributed by atoms with van der Waals surface area (Å²) in [5.74, 6) is 0. The van der Waals surface area contributed by atoms with Crippen LogP contribution in [0.15, 0.2) is 24.4 Å². The fourth-order valence-electron chi connectivity index (χ4n) is 2.49. The maximum Gasteiger partial charge on any atom is 0.0653 e. The molecule has 2 N–H and O–H groups in total. The molecule has 2 aromatic rings. The van der Waals surface area contributed by atoms with E-state index in [2.05, 4.69) is 33.7 Å². The molecule has 16 heavy (non-hydrogen) atoms. The molecule has 3 heteroatoms. The van der Waals surface area contributed by atoms with Gasteiger partial charge in [-0.05, 0) is 24.5 Å². The zero-order valence-electron chi connectivity index (χ0n) is 9.37. The van der Waals surface area contributed by atoms with Gasteiger partial charge in [-0.25, -0.2) is 0 Å². The molecule has 1 aromatic carbocycles. The van der Waals surface area contributed by atoms with Crippen molar-refractivity contribution in [2.75, 3.05) is 0 Å². The van der Waals surface area contributed by atoms with Crippen LogP contribution in [0.2, 0.25) is 0 Å². The van der Waals surface area contributed by atoms with Gasteiger partial charge < -0.3 is 5.32 Å². The summed E-state index contributed by atoms with van der Waals surface area (Å²) < 4.78 is 0. The fraction of sp³-hybridized carbons (Fsp3) is 0.462. The van der Waals surface area contributed by atoms with Crippen molar-refractivity contribution < 1.29 is 0 Å². The zero-order chi connectivity index (χ0) is 10.8. The van der Waals surface area contributed by atoms with Gasteiger partial charge in [0, 0.05) is 18.0 Å². The Balaban J connectivity index is 1.68. The first-order valence-electron chi connectivity index (χ1n) is 6.07. The average molecular weight is 215 g/mol. The van der Waals surface area contributed by atoms with Gasteiger partial charge in [-0.15, -0.1) is 0 Å². The first-order valence-corrected chi connectivity index (χ1v) is 6.07. The van der Waals surface area contributed by atoms with Gasteiger partial charge in [0.25, 0.3) is 0 Å². The standard InChI is InChI=1S/C13H17N3/c1-2-4-12(3-1)14-8-10-5-6-11-9-15-16-13(11)7-10/h5-7,9,12,14H,1-4,8H2,(H,15,16). The van der Waals surface area contributed by atoms with Crippen LogP contribution in [0, 0.1) is 0 Å². The summed E-state index contributed by atoms with van der Waals surface area (Å²) in [6.45, 7) is 0.972. The molecule has 0 amide bonds. The predicted octanol–water partition coefficient (Wildman–Crippen LogP) is 2.60. The third kappa shape index (κ3) is 1.95. The number of H-pyrrole nitrogens is 1. The SMILES string of the molecule is c1cc2cn[nH]c2cc1CNC1CCCC1. The summed E-state index contributed by atoms with van der Waals surface area (Å²) in [6.07, 6.45) is 7.32. The Hall–Kier alpha value is -1.35. The normalized spacial score (nSPS) is 17.2. The van der Waals surface area contributed by atoms with Gasteiger partial charge >= 0.3 is 0 Å². The molecule has 1 aromatic heterocycles. The van der Waals surface area contributed by atoms with Gasteiger partial charge in [-0.1, -0.05) is 25.0 Å². The largest absolute Gasteiger partial charge is 0.310 e. The third-order valence-corrected chi connectivity index (χ3v) is 3.46. The lowest BCUT2D eigenvalue weighted by Gasteiger charge is -2.11. The number of hydrogen-bond acceptors (Lipinski definition) is 2. The van der Waals surface area contributed by atoms with E-state index in [1.807, 2.05) is 6.20 Å². The smallest absolute Gasteiger partial charge is 0.0653 e. The molecule has 0 unspecified atom stereocenters. The number of hydrogen-bond donors (Lipinski definition) is 2. The first kappa shape index (κ1) is 9.85. The molecule has 1 aliphatic carbocycles. The minimum atomic E-state index is 0.734. The van der Waals surface area contributed by atoms with E-state index in [9.17, 15) is 0 Å². The second-order valence-corrected chi connectivity index (χ2v) is 4.65. The van der Waals surface area contributed by atoms with Crippen molar-refractivity contribution in [3.63, 3.8) is 0 Å². The maximum absolute atomic E-state index is 4.03. The van der Waals surface area contributed by atoms with Gasteiger partial charge in [0.15, 0.2) is 0 Å². The van der Waals surface area contributed by atoms with Crippen LogP contribution in [-0.4, -0.2) is 16.2 Å². The molecule has 0 radical (unpaired) electrons. The number of fused-ring (bicyclic) bond motifs is 1. The van der Waals surface area contributed by atoms with Crippen LogP contribution in [0.4, 0.5) is 0 Å². The fourth-order valence-corrected chi connectivity index (χ4v) is 2.49. The topological polar surface area (TPSA) is 40.7 Å². The lowest BCUT2D eigenvalue weighted by molar-refractivity contribution is 0.524. The summed E-state index contributed by atoms with van der Waals surface area (Å²) in [7, 11) is 0. The van der Waals surface area contributed by atoms with Crippen molar-refractivity contribution >= 4 is 10.9 Å². The number of aromatic nitrogens is 2. The van der Waals surface area contributed by atoms with E-state index in [4.69, 9.17) is 0 Å². The van der Waals surface area contributed by atoms with Gasteiger partial charge in [-0.3, -0.25) is 5.10 Å². The van der Waals surface area contributed by atoms with E-state index in [1.54, 1.807) is 0 Å². The molecule has 1 aliphatic rings. The van der Waals surface area contributed by atoms with E-state index >= 15 is 0 Å². The van der Waals surface area contributed by atoms with E-state index in [1.165, 1.54) is 36.6 Å². The second kappa shape index (κ2) is 4.26. The quantitative estimate of drug-likeness (QED) is 0.826. The summed E-state index contributed by atoms with van der Waals surface area (Å²) in [5, 5.41) is 11.8. The number of benzene rings is 1. The number of aromatic amines is 1. The molecular weight excluding hydrogens is 198 g/mol. The van der Waals surface area contributed by atoms with Gasteiger partial charge in [0.2, 0.25) is 0 Å². The Morgan fingerprint density at radius 1 is 1.31 bits per heavy atom. The average Bonchev–Trinajstić information content (AvgIpc) is 2.97. The summed E-state index contributed by atoms with van der Waals surface area (Å²) >= 11 is 0. The Bertz CT molecular complexity index is 469. The van der Waals surface area contributed by atoms with Crippen LogP contribution in [0.1, 0.15) is 31.2 Å². The molecule has 84 valence electrons. The predicted molar refractivity (Wildman–Crippen MR) is 65.2 cm³/mol. The Kier molecular flexibility index (Phi) is 2.62. The minimum absolute atomic E-state index is 0.734. The van der Waals surface area contributed by atoms with Crippen molar-refractivity contribution in [3.8, 4) is 0 Å². The first-order chi connectivity index (χ1) is 7.92. The second-order valence-electron chi connectivity index (χ2n) is 4.65. The number of rotatable bonds is 3. The Morgan fingerprint density at radius 2 is 2.19 bits per heavy atom. The molecule has 1 heterocycles. The molecule has 1 fully saturated rings. The molecule has 0 bridgehead atoms. The van der Waals surface area contributed by atoms with Crippen molar-refractivity contribution in [1.29, 1.82) is 0 Å². The number of nitrogens with zero attached hydrogens (tertiary/aromatic N) is 1. The van der Waals surface area contributed by atoms with Crippen LogP contribution in [0.3, 0.4) is 0 Å². The zero-order valence-corrected chi connectivity index (χ0v) is 9.37. The molecule has 3 rings (SSSR count). The summed E-state index contributed by atoms with van der Waals surface area (Å²) in [5.41, 5.74) is 2.47. The lowest BCUT2D eigenvalue weighted by Crippen LogP contribution is -2.25. The maximum atomic E-state index is 4.03. The van der Waals surface area contributed by atoms with Crippen LogP contribution in [0.25, 0.3) is 10.9 Å². The highest BCUT2D eigenvalue weighted by molar-refractivity contribution is 5.78. The van der Waals surface area contributed by atoms with Gasteiger partial charge in [0.1, 0.15) is 0 Å². The van der Waals surface area contributed by atoms with Crippen LogP contribution >= 0.6 is 0 Å². The highest BCUT2D eigenvalue weighted by Gasteiger charge is 2.13. The van der Waals surface area contributed by atoms with Gasteiger partial charge in [-0.2, -0.15) is 5.10 Å². The molecule has 0 spiro atoms. The third-order valence-electron chi connectivity index (χ3n) is 3.46. The van der Waals surface area contributed by atoms with Crippen LogP contribution in [-0.2, 0) is 6.54 Å². The molecule has 0 saturated heterocycles. The summed E-state index contributed by atoms with van der Waals surface area (Å²) in [4.78, 5) is 0. The molecule has 1 saturated carbocycles. The highest BCUT2D eigenvalue weighted by atomic mass is 15.1. The monoisotopic (exact) mass is 215 g/mol. The highest BCUT2D eigenvalue weighted by Crippen LogP contribution is 2.18. The number of nitrogens with one attached hydrogen (secondary N) is 2. The van der Waals surface area contributed by atoms with Crippen LogP contribution < -0.4 is 5.32 Å².